The Labute approximate surface area is 164 Å². The van der Waals surface area contributed by atoms with Gasteiger partial charge in [0.25, 0.3) is 15.9 Å². The molecule has 1 saturated heterocycles. The summed E-state index contributed by atoms with van der Waals surface area (Å²) in [6, 6.07) is 11.5. The summed E-state index contributed by atoms with van der Waals surface area (Å²) in [5.41, 5.74) is 1.72. The van der Waals surface area contributed by atoms with Gasteiger partial charge in [0, 0.05) is 42.5 Å². The summed E-state index contributed by atoms with van der Waals surface area (Å²) >= 11 is 5.99. The number of carbonyl (C=O) groups is 1. The second-order valence-corrected chi connectivity index (χ2v) is 8.69. The van der Waals surface area contributed by atoms with E-state index in [0.717, 1.165) is 31.9 Å². The van der Waals surface area contributed by atoms with Gasteiger partial charge in [-0.15, -0.1) is 0 Å². The van der Waals surface area contributed by atoms with Crippen molar-refractivity contribution in [1.82, 2.24) is 9.62 Å². The molecule has 144 valence electrons. The number of benzene rings is 2. The molecule has 0 atom stereocenters. The monoisotopic (exact) mass is 407 g/mol. The van der Waals surface area contributed by atoms with Gasteiger partial charge in [0.2, 0.25) is 0 Å². The summed E-state index contributed by atoms with van der Waals surface area (Å²) in [6.45, 7) is 5.42. The van der Waals surface area contributed by atoms with Crippen molar-refractivity contribution in [1.29, 1.82) is 0 Å². The molecule has 0 unspecified atom stereocenters. The Bertz CT molecular complexity index is 937. The summed E-state index contributed by atoms with van der Waals surface area (Å²) in [4.78, 5) is 16.9. The van der Waals surface area contributed by atoms with Gasteiger partial charge in [0.05, 0.1) is 4.90 Å². The Hall–Kier alpha value is -2.09. The lowest BCUT2D eigenvalue weighted by Crippen LogP contribution is -2.44. The minimum atomic E-state index is -4.00. The fraction of sp³-hybridized carbons (Fsp3) is 0.316. The van der Waals surface area contributed by atoms with Crippen LogP contribution in [-0.2, 0) is 10.0 Å². The lowest BCUT2D eigenvalue weighted by atomic mass is 10.1. The van der Waals surface area contributed by atoms with Gasteiger partial charge in [0.15, 0.2) is 0 Å². The van der Waals surface area contributed by atoms with E-state index >= 15 is 0 Å². The molecule has 1 amide bonds. The summed E-state index contributed by atoms with van der Waals surface area (Å²) < 4.78 is 27.2. The van der Waals surface area contributed by atoms with Crippen LogP contribution in [0.5, 0.6) is 0 Å². The molecule has 27 heavy (non-hydrogen) atoms. The van der Waals surface area contributed by atoms with Crippen LogP contribution in [0.4, 0.5) is 5.69 Å². The molecule has 0 radical (unpaired) electrons. The number of nitrogens with one attached hydrogen (secondary N) is 1. The molecule has 2 aromatic carbocycles. The Morgan fingerprint density at radius 3 is 2.30 bits per heavy atom. The molecular formula is C19H22ClN3O3S. The van der Waals surface area contributed by atoms with E-state index in [1.165, 1.54) is 6.07 Å². The highest BCUT2D eigenvalue weighted by Gasteiger charge is 2.22. The third-order valence-corrected chi connectivity index (χ3v) is 6.62. The topological polar surface area (TPSA) is 69.7 Å². The average Bonchev–Trinajstić information content (AvgIpc) is 2.64. The molecule has 0 aliphatic carbocycles. The standard InChI is InChI=1S/C19H22ClN3O3S/c1-14-17(20)4-3-5-18(14)27(25,26)21-19(24)15-6-8-16(9-7-15)23-12-10-22(2)11-13-23/h3-9H,10-13H2,1-2H3,(H,21,24). The number of carbonyl (C=O) groups excluding carboxylic acids is 1. The van der Waals surface area contributed by atoms with Crippen LogP contribution in [0.25, 0.3) is 0 Å². The molecular weight excluding hydrogens is 386 g/mol. The maximum Gasteiger partial charge on any atom is 0.264 e. The van der Waals surface area contributed by atoms with Crippen LogP contribution < -0.4 is 9.62 Å². The number of nitrogens with zero attached hydrogens (tertiary/aromatic N) is 2. The van der Waals surface area contributed by atoms with Gasteiger partial charge in [-0.3, -0.25) is 4.79 Å². The maximum atomic E-state index is 12.5. The highest BCUT2D eigenvalue weighted by molar-refractivity contribution is 7.90. The van der Waals surface area contributed by atoms with Crippen LogP contribution in [0, 0.1) is 6.92 Å². The van der Waals surface area contributed by atoms with Crippen molar-refractivity contribution in [2.45, 2.75) is 11.8 Å². The Balaban J connectivity index is 1.73. The zero-order valence-corrected chi connectivity index (χ0v) is 16.8. The molecule has 1 fully saturated rings. The van der Waals surface area contributed by atoms with E-state index < -0.39 is 15.9 Å². The third kappa shape index (κ3) is 4.43. The van der Waals surface area contributed by atoms with Gasteiger partial charge < -0.3 is 9.80 Å². The summed E-state index contributed by atoms with van der Waals surface area (Å²) in [5.74, 6) is -0.667. The number of hydrogen-bond donors (Lipinski definition) is 1. The van der Waals surface area contributed by atoms with Gasteiger partial charge in [0.1, 0.15) is 0 Å². The lowest BCUT2D eigenvalue weighted by Gasteiger charge is -2.34. The normalized spacial score (nSPS) is 15.6. The lowest BCUT2D eigenvalue weighted by molar-refractivity contribution is 0.0981. The van der Waals surface area contributed by atoms with Crippen LogP contribution in [0.3, 0.4) is 0 Å². The number of rotatable bonds is 4. The molecule has 6 nitrogen and oxygen atoms in total. The Kier molecular flexibility index (Phi) is 5.74. The minimum Gasteiger partial charge on any atom is -0.369 e. The Morgan fingerprint density at radius 1 is 1.04 bits per heavy atom. The van der Waals surface area contributed by atoms with Crippen molar-refractivity contribution in [2.24, 2.45) is 0 Å². The van der Waals surface area contributed by atoms with E-state index in [1.54, 1.807) is 31.2 Å². The van der Waals surface area contributed by atoms with Crippen molar-refractivity contribution in [3.05, 3.63) is 58.6 Å². The SMILES string of the molecule is Cc1c(Cl)cccc1S(=O)(=O)NC(=O)c1ccc(N2CCN(C)CC2)cc1. The summed E-state index contributed by atoms with van der Waals surface area (Å²) in [7, 11) is -1.91. The summed E-state index contributed by atoms with van der Waals surface area (Å²) in [5, 5.41) is 0.335. The molecule has 2 aromatic rings. The number of halogens is 1. The van der Waals surface area contributed by atoms with Crippen LogP contribution >= 0.6 is 11.6 Å². The molecule has 0 saturated carbocycles. The molecule has 1 aliphatic rings. The number of anilines is 1. The van der Waals surface area contributed by atoms with Crippen molar-refractivity contribution < 1.29 is 13.2 Å². The van der Waals surface area contributed by atoms with Gasteiger partial charge in [-0.05, 0) is 55.9 Å². The van der Waals surface area contributed by atoms with Gasteiger partial charge in [-0.2, -0.15) is 0 Å². The fourth-order valence-electron chi connectivity index (χ4n) is 3.00. The number of sulfonamides is 1. The molecule has 3 rings (SSSR count). The second-order valence-electron chi connectivity index (χ2n) is 6.63. The van der Waals surface area contributed by atoms with E-state index in [9.17, 15) is 13.2 Å². The molecule has 1 N–H and O–H groups in total. The van der Waals surface area contributed by atoms with Crippen molar-refractivity contribution in [3.8, 4) is 0 Å². The van der Waals surface area contributed by atoms with Crippen LogP contribution in [-0.4, -0.2) is 52.5 Å². The van der Waals surface area contributed by atoms with Crippen LogP contribution in [0.1, 0.15) is 15.9 Å². The zero-order valence-electron chi connectivity index (χ0n) is 15.3. The van der Waals surface area contributed by atoms with Gasteiger partial charge in [-0.1, -0.05) is 17.7 Å². The number of likely N-dealkylation sites (N-methyl/N-ethyl adjacent to an activating group) is 1. The minimum absolute atomic E-state index is 0.00240. The van der Waals surface area contributed by atoms with E-state index in [-0.39, 0.29) is 10.5 Å². The first-order chi connectivity index (χ1) is 12.8. The summed E-state index contributed by atoms with van der Waals surface area (Å²) in [6.07, 6.45) is 0. The van der Waals surface area contributed by atoms with E-state index in [0.29, 0.717) is 10.6 Å². The van der Waals surface area contributed by atoms with Crippen molar-refractivity contribution >= 4 is 33.2 Å². The number of piperazine rings is 1. The van der Waals surface area contributed by atoms with Crippen LogP contribution in [0.2, 0.25) is 5.02 Å². The smallest absolute Gasteiger partial charge is 0.264 e. The molecule has 1 aliphatic heterocycles. The third-order valence-electron chi connectivity index (χ3n) is 4.73. The largest absolute Gasteiger partial charge is 0.369 e. The van der Waals surface area contributed by atoms with E-state index in [4.69, 9.17) is 11.6 Å². The first-order valence-corrected chi connectivity index (χ1v) is 10.5. The molecule has 0 aromatic heterocycles. The molecule has 8 heteroatoms. The maximum absolute atomic E-state index is 12.5. The van der Waals surface area contributed by atoms with Crippen molar-refractivity contribution in [2.75, 3.05) is 38.1 Å². The van der Waals surface area contributed by atoms with Gasteiger partial charge in [-0.25, -0.2) is 13.1 Å². The predicted octanol–water partition coefficient (Wildman–Crippen LogP) is 2.52. The van der Waals surface area contributed by atoms with Crippen molar-refractivity contribution in [3.63, 3.8) is 0 Å². The quantitative estimate of drug-likeness (QED) is 0.843. The van der Waals surface area contributed by atoms with E-state index in [1.807, 2.05) is 12.1 Å². The second kappa shape index (κ2) is 7.88. The molecule has 0 spiro atoms. The zero-order chi connectivity index (χ0) is 19.6. The van der Waals surface area contributed by atoms with E-state index in [2.05, 4.69) is 21.6 Å². The fourth-order valence-corrected chi connectivity index (χ4v) is 4.48. The number of hydrogen-bond acceptors (Lipinski definition) is 5. The van der Waals surface area contributed by atoms with Gasteiger partial charge >= 0.3 is 0 Å². The highest BCUT2D eigenvalue weighted by Crippen LogP contribution is 2.23. The van der Waals surface area contributed by atoms with Crippen LogP contribution in [0.15, 0.2) is 47.4 Å². The highest BCUT2D eigenvalue weighted by atomic mass is 35.5. The first kappa shape index (κ1) is 19.7. The Morgan fingerprint density at radius 2 is 1.67 bits per heavy atom. The molecule has 0 bridgehead atoms. The average molecular weight is 408 g/mol. The predicted molar refractivity (Wildman–Crippen MR) is 107 cm³/mol. The molecule has 1 heterocycles. The first-order valence-electron chi connectivity index (χ1n) is 8.64. The number of amides is 1.